The van der Waals surface area contributed by atoms with Crippen molar-refractivity contribution in [2.75, 3.05) is 7.05 Å². The average molecular weight is 314 g/mol. The number of aromatic nitrogens is 1. The van der Waals surface area contributed by atoms with Crippen LogP contribution in [-0.2, 0) is 31.0 Å². The van der Waals surface area contributed by atoms with E-state index in [-0.39, 0.29) is 0 Å². The molecule has 6 heteroatoms. The van der Waals surface area contributed by atoms with Crippen molar-refractivity contribution in [2.24, 2.45) is 4.99 Å². The highest BCUT2D eigenvalue weighted by Crippen LogP contribution is 2.20. The van der Waals surface area contributed by atoms with Crippen molar-refractivity contribution in [2.45, 2.75) is 40.2 Å². The highest BCUT2D eigenvalue weighted by atomic mass is 16.5. The number of aliphatic imine (C=N–C) groups is 1. The number of hydrogen-bond donors (Lipinski definition) is 2. The zero-order valence-corrected chi connectivity index (χ0v) is 13.8. The average Bonchev–Trinajstić information content (AvgIpc) is 3.15. The Kier molecular flexibility index (Phi) is 4.62. The van der Waals surface area contributed by atoms with Crippen molar-refractivity contribution >= 4 is 5.96 Å². The van der Waals surface area contributed by atoms with Crippen LogP contribution in [0.15, 0.2) is 27.7 Å². The molecule has 0 radical (unpaired) electrons. The number of ether oxygens (including phenoxy) is 1. The molecule has 0 spiro atoms. The largest absolute Gasteiger partial charge is 0.372 e. The summed E-state index contributed by atoms with van der Waals surface area (Å²) in [5.74, 6) is 1.59. The second-order valence-electron chi connectivity index (χ2n) is 5.68. The Labute approximate surface area is 135 Å². The van der Waals surface area contributed by atoms with Gasteiger partial charge in [-0.15, -0.1) is 0 Å². The Bertz CT molecular complexity index is 702. The lowest BCUT2D eigenvalue weighted by molar-refractivity contribution is 0.134. The topological polar surface area (TPSA) is 71.7 Å². The van der Waals surface area contributed by atoms with Crippen LogP contribution in [0.3, 0.4) is 0 Å². The quantitative estimate of drug-likeness (QED) is 0.668. The molecule has 0 aliphatic carbocycles. The summed E-state index contributed by atoms with van der Waals surface area (Å²) in [5.41, 5.74) is 5.76. The van der Waals surface area contributed by atoms with Crippen molar-refractivity contribution in [3.8, 4) is 0 Å². The number of guanidine groups is 1. The molecule has 122 valence electrons. The molecule has 2 N–H and O–H groups in total. The van der Waals surface area contributed by atoms with Crippen molar-refractivity contribution in [3.63, 3.8) is 0 Å². The van der Waals surface area contributed by atoms with E-state index in [0.717, 1.165) is 29.6 Å². The Balaban J connectivity index is 1.56. The third kappa shape index (κ3) is 3.53. The van der Waals surface area contributed by atoms with Gasteiger partial charge in [-0.25, -0.2) is 0 Å². The molecule has 0 fully saturated rings. The van der Waals surface area contributed by atoms with E-state index in [9.17, 15) is 0 Å². The van der Waals surface area contributed by atoms with Crippen molar-refractivity contribution in [1.29, 1.82) is 0 Å². The van der Waals surface area contributed by atoms with Crippen LogP contribution < -0.4 is 10.6 Å². The Morgan fingerprint density at radius 1 is 1.17 bits per heavy atom. The number of benzene rings is 1. The molecule has 0 atom stereocenters. The Morgan fingerprint density at radius 3 is 2.70 bits per heavy atom. The minimum Gasteiger partial charge on any atom is -0.372 e. The SMILES string of the molecule is CN=C(NCc1ccc2c(c1)COC2)NCc1c(C)noc1C. The predicted octanol–water partition coefficient (Wildman–Crippen LogP) is 2.19. The maximum Gasteiger partial charge on any atom is 0.191 e. The zero-order valence-electron chi connectivity index (χ0n) is 13.8. The molecule has 1 aromatic heterocycles. The fourth-order valence-corrected chi connectivity index (χ4v) is 2.67. The van der Waals surface area contributed by atoms with E-state index in [1.807, 2.05) is 13.8 Å². The molecule has 1 aliphatic heterocycles. The van der Waals surface area contributed by atoms with Gasteiger partial charge in [0, 0.05) is 25.7 Å². The maximum absolute atomic E-state index is 5.45. The number of nitrogens with zero attached hydrogens (tertiary/aromatic N) is 2. The summed E-state index contributed by atoms with van der Waals surface area (Å²) in [6.45, 7) is 6.65. The summed E-state index contributed by atoms with van der Waals surface area (Å²) in [6.07, 6.45) is 0. The zero-order chi connectivity index (χ0) is 16.2. The molecule has 3 rings (SSSR count). The van der Waals surface area contributed by atoms with Crippen LogP contribution in [0, 0.1) is 13.8 Å². The van der Waals surface area contributed by atoms with E-state index in [4.69, 9.17) is 9.26 Å². The molecular formula is C17H22N4O2. The molecule has 0 saturated carbocycles. The van der Waals surface area contributed by atoms with Gasteiger partial charge in [-0.1, -0.05) is 23.4 Å². The van der Waals surface area contributed by atoms with Gasteiger partial charge in [0.25, 0.3) is 0 Å². The van der Waals surface area contributed by atoms with Crippen molar-refractivity contribution in [1.82, 2.24) is 15.8 Å². The molecule has 2 aromatic rings. The second-order valence-corrected chi connectivity index (χ2v) is 5.68. The van der Waals surface area contributed by atoms with Crippen LogP contribution in [0.25, 0.3) is 0 Å². The molecule has 23 heavy (non-hydrogen) atoms. The smallest absolute Gasteiger partial charge is 0.191 e. The monoisotopic (exact) mass is 314 g/mol. The van der Waals surface area contributed by atoms with Gasteiger partial charge < -0.3 is 19.9 Å². The van der Waals surface area contributed by atoms with Crippen LogP contribution in [0.1, 0.15) is 33.7 Å². The van der Waals surface area contributed by atoms with Gasteiger partial charge in [-0.05, 0) is 30.5 Å². The van der Waals surface area contributed by atoms with Gasteiger partial charge >= 0.3 is 0 Å². The standard InChI is InChI=1S/C17H22N4O2/c1-11-16(12(2)23-21-11)8-20-17(18-3)19-7-13-4-5-14-9-22-10-15(14)6-13/h4-6H,7-10H2,1-3H3,(H2,18,19,20). The molecule has 1 aliphatic rings. The molecule has 0 amide bonds. The van der Waals surface area contributed by atoms with E-state index in [0.29, 0.717) is 19.7 Å². The minimum absolute atomic E-state index is 0.638. The van der Waals surface area contributed by atoms with E-state index in [2.05, 4.69) is 39.0 Å². The molecule has 0 bridgehead atoms. The van der Waals surface area contributed by atoms with Crippen LogP contribution in [0.4, 0.5) is 0 Å². The number of rotatable bonds is 4. The van der Waals surface area contributed by atoms with E-state index in [1.165, 1.54) is 16.7 Å². The number of nitrogens with one attached hydrogen (secondary N) is 2. The summed E-state index contributed by atoms with van der Waals surface area (Å²) < 4.78 is 10.6. The number of fused-ring (bicyclic) bond motifs is 1. The lowest BCUT2D eigenvalue weighted by Gasteiger charge is -2.12. The normalized spacial score (nSPS) is 14.0. The van der Waals surface area contributed by atoms with Gasteiger partial charge in [0.05, 0.1) is 18.9 Å². The van der Waals surface area contributed by atoms with Gasteiger partial charge in [0.2, 0.25) is 0 Å². The van der Waals surface area contributed by atoms with Gasteiger partial charge in [-0.3, -0.25) is 4.99 Å². The number of aryl methyl sites for hydroxylation is 2. The third-order valence-corrected chi connectivity index (χ3v) is 4.08. The highest BCUT2D eigenvalue weighted by molar-refractivity contribution is 5.79. The first kappa shape index (κ1) is 15.6. The van der Waals surface area contributed by atoms with Crippen LogP contribution in [0.2, 0.25) is 0 Å². The fourth-order valence-electron chi connectivity index (χ4n) is 2.67. The summed E-state index contributed by atoms with van der Waals surface area (Å²) in [5, 5.41) is 10.6. The van der Waals surface area contributed by atoms with Crippen LogP contribution in [0.5, 0.6) is 0 Å². The maximum atomic E-state index is 5.45. The molecular weight excluding hydrogens is 292 g/mol. The molecule has 0 unspecified atom stereocenters. The number of hydrogen-bond acceptors (Lipinski definition) is 4. The predicted molar refractivity (Wildman–Crippen MR) is 88.0 cm³/mol. The molecule has 2 heterocycles. The van der Waals surface area contributed by atoms with Crippen LogP contribution >= 0.6 is 0 Å². The molecule has 0 saturated heterocycles. The first-order chi connectivity index (χ1) is 11.2. The van der Waals surface area contributed by atoms with E-state index >= 15 is 0 Å². The fraction of sp³-hybridized carbons (Fsp3) is 0.412. The van der Waals surface area contributed by atoms with Gasteiger partial charge in [0.15, 0.2) is 5.96 Å². The minimum atomic E-state index is 0.638. The third-order valence-electron chi connectivity index (χ3n) is 4.08. The Morgan fingerprint density at radius 2 is 1.96 bits per heavy atom. The van der Waals surface area contributed by atoms with Crippen LogP contribution in [-0.4, -0.2) is 18.2 Å². The highest BCUT2D eigenvalue weighted by Gasteiger charge is 2.12. The molecule has 1 aromatic carbocycles. The van der Waals surface area contributed by atoms with Crippen molar-refractivity contribution < 1.29 is 9.26 Å². The summed E-state index contributed by atoms with van der Waals surface area (Å²) in [7, 11) is 1.76. The Hall–Kier alpha value is -2.34. The van der Waals surface area contributed by atoms with Gasteiger partial charge in [0.1, 0.15) is 5.76 Å². The first-order valence-corrected chi connectivity index (χ1v) is 7.72. The van der Waals surface area contributed by atoms with E-state index < -0.39 is 0 Å². The summed E-state index contributed by atoms with van der Waals surface area (Å²) in [4.78, 5) is 4.25. The van der Waals surface area contributed by atoms with Gasteiger partial charge in [-0.2, -0.15) is 0 Å². The van der Waals surface area contributed by atoms with Crippen molar-refractivity contribution in [3.05, 3.63) is 51.9 Å². The summed E-state index contributed by atoms with van der Waals surface area (Å²) in [6, 6.07) is 6.46. The second kappa shape index (κ2) is 6.83. The first-order valence-electron chi connectivity index (χ1n) is 7.72. The summed E-state index contributed by atoms with van der Waals surface area (Å²) >= 11 is 0. The molecule has 6 nitrogen and oxygen atoms in total. The van der Waals surface area contributed by atoms with E-state index in [1.54, 1.807) is 7.05 Å². The lowest BCUT2D eigenvalue weighted by Crippen LogP contribution is -2.36. The lowest BCUT2D eigenvalue weighted by atomic mass is 10.1.